The highest BCUT2D eigenvalue weighted by molar-refractivity contribution is 5.83. The molecule has 0 aromatic rings. The van der Waals surface area contributed by atoms with Crippen molar-refractivity contribution in [2.24, 2.45) is 5.92 Å². The van der Waals surface area contributed by atoms with E-state index < -0.39 is 11.7 Å². The van der Waals surface area contributed by atoms with Crippen molar-refractivity contribution in [2.45, 2.75) is 57.5 Å². The Morgan fingerprint density at radius 3 is 2.79 bits per heavy atom. The molecule has 19 heavy (non-hydrogen) atoms. The van der Waals surface area contributed by atoms with Crippen molar-refractivity contribution in [3.05, 3.63) is 0 Å². The summed E-state index contributed by atoms with van der Waals surface area (Å²) in [7, 11) is 0. The van der Waals surface area contributed by atoms with E-state index in [9.17, 15) is 13.6 Å². The molecule has 0 spiro atoms. The third kappa shape index (κ3) is 3.31. The molecule has 2 rings (SSSR count). The summed E-state index contributed by atoms with van der Waals surface area (Å²) in [5, 5.41) is 3.34. The quantitative estimate of drug-likeness (QED) is 0.851. The summed E-state index contributed by atoms with van der Waals surface area (Å²) in [6.45, 7) is 5.98. The first-order valence-electron chi connectivity index (χ1n) is 7.27. The molecule has 2 heterocycles. The van der Waals surface area contributed by atoms with Gasteiger partial charge in [0.05, 0.1) is 0 Å². The lowest BCUT2D eigenvalue weighted by Gasteiger charge is -2.40. The molecule has 0 amide bonds. The third-order valence-electron chi connectivity index (χ3n) is 4.60. The van der Waals surface area contributed by atoms with Gasteiger partial charge in [-0.1, -0.05) is 6.92 Å². The Bertz CT molecular complexity index is 335. The van der Waals surface area contributed by atoms with Crippen molar-refractivity contribution in [1.29, 1.82) is 0 Å². The van der Waals surface area contributed by atoms with Crippen LogP contribution in [0.5, 0.6) is 0 Å². The standard InChI is InChI=1S/C14H24F2N2O/c1-10-9-17-6-5-13(10)18-7-3-4-12(18)8-14(15,16)11(2)19/h10,12-13,17H,3-9H2,1-2H3/t10?,12-,13?/m0/s1. The molecule has 0 aliphatic carbocycles. The highest BCUT2D eigenvalue weighted by Crippen LogP contribution is 2.33. The van der Waals surface area contributed by atoms with Crippen LogP contribution in [0.1, 0.15) is 39.5 Å². The number of halogens is 2. The van der Waals surface area contributed by atoms with Gasteiger partial charge in [0.25, 0.3) is 0 Å². The van der Waals surface area contributed by atoms with Crippen molar-refractivity contribution < 1.29 is 13.6 Å². The molecule has 2 aliphatic rings. The summed E-state index contributed by atoms with van der Waals surface area (Å²) in [6.07, 6.45) is 2.47. The van der Waals surface area contributed by atoms with Crippen LogP contribution in [0.25, 0.3) is 0 Å². The number of nitrogens with zero attached hydrogens (tertiary/aromatic N) is 1. The molecule has 3 atom stereocenters. The molecule has 2 unspecified atom stereocenters. The minimum Gasteiger partial charge on any atom is -0.316 e. The maximum Gasteiger partial charge on any atom is 0.306 e. The average molecular weight is 274 g/mol. The number of piperidine rings is 1. The molecule has 0 saturated carbocycles. The van der Waals surface area contributed by atoms with E-state index in [1.54, 1.807) is 0 Å². The first kappa shape index (κ1) is 14.9. The van der Waals surface area contributed by atoms with E-state index in [-0.39, 0.29) is 12.5 Å². The van der Waals surface area contributed by atoms with Gasteiger partial charge in [-0.3, -0.25) is 9.69 Å². The second-order valence-electron chi connectivity index (χ2n) is 6.04. The number of hydrogen-bond donors (Lipinski definition) is 1. The van der Waals surface area contributed by atoms with Crippen LogP contribution in [0.2, 0.25) is 0 Å². The van der Waals surface area contributed by atoms with Crippen LogP contribution < -0.4 is 5.32 Å². The number of Topliss-reactive ketones (excluding diaryl/α,β-unsaturated/α-hetero) is 1. The fourth-order valence-electron chi connectivity index (χ4n) is 3.45. The second kappa shape index (κ2) is 5.83. The number of ketones is 1. The monoisotopic (exact) mass is 274 g/mol. The lowest BCUT2D eigenvalue weighted by atomic mass is 9.92. The van der Waals surface area contributed by atoms with Gasteiger partial charge in [0.15, 0.2) is 5.78 Å². The Morgan fingerprint density at radius 1 is 1.42 bits per heavy atom. The zero-order chi connectivity index (χ0) is 14.0. The summed E-state index contributed by atoms with van der Waals surface area (Å²) in [5.74, 6) is -3.68. The number of hydrogen-bond acceptors (Lipinski definition) is 3. The molecular weight excluding hydrogens is 250 g/mol. The summed E-state index contributed by atoms with van der Waals surface area (Å²) < 4.78 is 27.3. The SMILES string of the molecule is CC(=O)C(F)(F)C[C@@H]1CCCN1C1CCNCC1C. The molecule has 0 aromatic heterocycles. The molecule has 0 bridgehead atoms. The Morgan fingerprint density at radius 2 is 2.16 bits per heavy atom. The Balaban J connectivity index is 2.02. The van der Waals surface area contributed by atoms with E-state index >= 15 is 0 Å². The highest BCUT2D eigenvalue weighted by atomic mass is 19.3. The van der Waals surface area contributed by atoms with Crippen LogP contribution in [-0.4, -0.2) is 48.3 Å². The van der Waals surface area contributed by atoms with Crippen LogP contribution in [0.15, 0.2) is 0 Å². The van der Waals surface area contributed by atoms with Gasteiger partial charge >= 0.3 is 5.92 Å². The predicted molar refractivity (Wildman–Crippen MR) is 70.4 cm³/mol. The van der Waals surface area contributed by atoms with Crippen molar-refractivity contribution in [2.75, 3.05) is 19.6 Å². The van der Waals surface area contributed by atoms with E-state index in [1.807, 2.05) is 0 Å². The van der Waals surface area contributed by atoms with Gasteiger partial charge in [-0.15, -0.1) is 0 Å². The van der Waals surface area contributed by atoms with Gasteiger partial charge in [0, 0.05) is 25.4 Å². The zero-order valence-electron chi connectivity index (χ0n) is 11.8. The number of likely N-dealkylation sites (tertiary alicyclic amines) is 1. The summed E-state index contributed by atoms with van der Waals surface area (Å²) in [4.78, 5) is 13.3. The van der Waals surface area contributed by atoms with Crippen LogP contribution in [0.4, 0.5) is 8.78 Å². The van der Waals surface area contributed by atoms with Gasteiger partial charge in [-0.05, 0) is 44.8 Å². The zero-order valence-corrected chi connectivity index (χ0v) is 11.8. The number of alkyl halides is 2. The van der Waals surface area contributed by atoms with Crippen LogP contribution in [-0.2, 0) is 4.79 Å². The summed E-state index contributed by atoms with van der Waals surface area (Å²) in [5.41, 5.74) is 0. The van der Waals surface area contributed by atoms with Gasteiger partial charge in [-0.2, -0.15) is 8.78 Å². The molecule has 2 saturated heterocycles. The first-order chi connectivity index (χ1) is 8.92. The van der Waals surface area contributed by atoms with E-state index in [1.165, 1.54) is 0 Å². The lowest BCUT2D eigenvalue weighted by molar-refractivity contribution is -0.143. The highest BCUT2D eigenvalue weighted by Gasteiger charge is 2.43. The fraction of sp³-hybridized carbons (Fsp3) is 0.929. The van der Waals surface area contributed by atoms with Crippen molar-refractivity contribution in [3.63, 3.8) is 0 Å². The maximum atomic E-state index is 13.6. The van der Waals surface area contributed by atoms with Gasteiger partial charge in [0.2, 0.25) is 0 Å². The second-order valence-corrected chi connectivity index (χ2v) is 6.04. The largest absolute Gasteiger partial charge is 0.316 e. The normalized spacial score (nSPS) is 33.6. The van der Waals surface area contributed by atoms with Crippen LogP contribution in [0.3, 0.4) is 0 Å². The lowest BCUT2D eigenvalue weighted by Crippen LogP contribution is -2.51. The van der Waals surface area contributed by atoms with Crippen molar-refractivity contribution >= 4 is 5.78 Å². The Labute approximate surface area is 113 Å². The Hall–Kier alpha value is -0.550. The smallest absolute Gasteiger partial charge is 0.306 e. The van der Waals surface area contributed by atoms with Crippen LogP contribution in [0, 0.1) is 5.92 Å². The third-order valence-corrected chi connectivity index (χ3v) is 4.60. The molecule has 3 nitrogen and oxygen atoms in total. The first-order valence-corrected chi connectivity index (χ1v) is 7.27. The van der Waals surface area contributed by atoms with Crippen LogP contribution >= 0.6 is 0 Å². The molecule has 2 fully saturated rings. The van der Waals surface area contributed by atoms with E-state index in [2.05, 4.69) is 17.1 Å². The molecular formula is C14H24F2N2O. The molecule has 0 radical (unpaired) electrons. The minimum atomic E-state index is -3.16. The van der Waals surface area contributed by atoms with Crippen molar-refractivity contribution in [1.82, 2.24) is 10.2 Å². The van der Waals surface area contributed by atoms with Gasteiger partial charge in [-0.25, -0.2) is 0 Å². The number of carbonyl (C=O) groups excluding carboxylic acids is 1. The molecule has 110 valence electrons. The predicted octanol–water partition coefficient (Wildman–Crippen LogP) is 2.06. The summed E-state index contributed by atoms with van der Waals surface area (Å²) in [6, 6.07) is 0.251. The van der Waals surface area contributed by atoms with Crippen molar-refractivity contribution in [3.8, 4) is 0 Å². The fourth-order valence-corrected chi connectivity index (χ4v) is 3.45. The maximum absolute atomic E-state index is 13.6. The Kier molecular flexibility index (Phi) is 4.56. The van der Waals surface area contributed by atoms with Gasteiger partial charge in [0.1, 0.15) is 0 Å². The number of carbonyl (C=O) groups is 1. The molecule has 2 aliphatic heterocycles. The van der Waals surface area contributed by atoms with Gasteiger partial charge < -0.3 is 5.32 Å². The number of rotatable bonds is 4. The number of nitrogens with one attached hydrogen (secondary N) is 1. The average Bonchev–Trinajstić information content (AvgIpc) is 2.77. The molecule has 5 heteroatoms. The minimum absolute atomic E-state index is 0.135. The topological polar surface area (TPSA) is 32.3 Å². The van der Waals surface area contributed by atoms with E-state index in [0.29, 0.717) is 12.0 Å². The molecule has 0 aromatic carbocycles. The summed E-state index contributed by atoms with van der Waals surface area (Å²) >= 11 is 0. The van der Waals surface area contributed by atoms with E-state index in [0.717, 1.165) is 45.8 Å². The van der Waals surface area contributed by atoms with E-state index in [4.69, 9.17) is 0 Å². The molecule has 1 N–H and O–H groups in total.